The number of ether oxygens (including phenoxy) is 2. The molecule has 53 heavy (non-hydrogen) atoms. The van der Waals surface area contributed by atoms with E-state index in [0.29, 0.717) is 6.42 Å². The van der Waals surface area contributed by atoms with Crippen LogP contribution in [0.3, 0.4) is 0 Å². The number of carbonyl (C=O) groups is 1. The molecule has 0 radical (unpaired) electrons. The molecule has 0 aliphatic carbocycles. The molecular weight excluding hydrogens is 670 g/mol. The van der Waals surface area contributed by atoms with Gasteiger partial charge in [0.25, 0.3) is 0 Å². The second kappa shape index (κ2) is 35.1. The highest BCUT2D eigenvalue weighted by Crippen LogP contribution is 2.22. The van der Waals surface area contributed by atoms with E-state index in [0.717, 1.165) is 38.5 Å². The third-order valence-corrected chi connectivity index (χ3v) is 10.5. The van der Waals surface area contributed by atoms with Crippen LogP contribution >= 0.6 is 0 Å². The first-order valence-corrected chi connectivity index (χ1v) is 22.1. The van der Waals surface area contributed by atoms with Crippen LogP contribution in [0.25, 0.3) is 0 Å². The Kier molecular flexibility index (Phi) is 32.9. The normalized spacial score (nSPS) is 21.8. The molecule has 1 aliphatic heterocycles. The maximum absolute atomic E-state index is 12.9. The molecule has 6 N–H and O–H groups in total. The summed E-state index contributed by atoms with van der Waals surface area (Å²) in [5, 5.41) is 54.0. The Bertz CT molecular complexity index is 883. The van der Waals surface area contributed by atoms with Crippen LogP contribution in [-0.4, -0.2) is 87.5 Å². The second-order valence-electron chi connectivity index (χ2n) is 15.5. The monoisotopic (exact) mass is 754 g/mol. The molecule has 1 fully saturated rings. The highest BCUT2D eigenvalue weighted by Gasteiger charge is 2.44. The van der Waals surface area contributed by atoms with Gasteiger partial charge in [0.2, 0.25) is 5.91 Å². The molecule has 0 saturated carbocycles. The second-order valence-corrected chi connectivity index (χ2v) is 15.5. The number of aliphatic hydroxyl groups excluding tert-OH is 5. The Balaban J connectivity index is 2.36. The zero-order valence-electron chi connectivity index (χ0n) is 34.0. The van der Waals surface area contributed by atoms with E-state index in [1.807, 2.05) is 6.08 Å². The lowest BCUT2D eigenvalue weighted by Crippen LogP contribution is -2.60. The maximum Gasteiger partial charge on any atom is 0.220 e. The number of allylic oxidation sites excluding steroid dienone is 3. The van der Waals surface area contributed by atoms with Crippen molar-refractivity contribution >= 4 is 5.91 Å². The molecule has 0 aromatic carbocycles. The topological polar surface area (TPSA) is 149 Å². The summed E-state index contributed by atoms with van der Waals surface area (Å²) in [5.74, 6) is -0.186. The van der Waals surface area contributed by atoms with Gasteiger partial charge in [-0.1, -0.05) is 179 Å². The van der Waals surface area contributed by atoms with Gasteiger partial charge in [0.1, 0.15) is 24.4 Å². The molecule has 1 aliphatic rings. The van der Waals surface area contributed by atoms with Crippen molar-refractivity contribution in [3.8, 4) is 0 Å². The Labute approximate surface area is 324 Å². The first kappa shape index (κ1) is 49.7. The van der Waals surface area contributed by atoms with Crippen molar-refractivity contribution in [3.05, 3.63) is 24.3 Å². The molecule has 9 nitrogen and oxygen atoms in total. The maximum atomic E-state index is 12.9. The molecule has 312 valence electrons. The van der Waals surface area contributed by atoms with Gasteiger partial charge < -0.3 is 40.3 Å². The summed E-state index contributed by atoms with van der Waals surface area (Å²) >= 11 is 0. The van der Waals surface area contributed by atoms with Crippen LogP contribution in [0.1, 0.15) is 194 Å². The number of hydrogen-bond acceptors (Lipinski definition) is 8. The predicted octanol–water partition coefficient (Wildman–Crippen LogP) is 8.72. The Morgan fingerprint density at radius 2 is 1.08 bits per heavy atom. The number of unbranched alkanes of at least 4 members (excludes halogenated alkanes) is 24. The van der Waals surface area contributed by atoms with E-state index >= 15 is 0 Å². The van der Waals surface area contributed by atoms with Gasteiger partial charge in [-0.2, -0.15) is 0 Å². The van der Waals surface area contributed by atoms with Crippen molar-refractivity contribution in [1.29, 1.82) is 0 Å². The molecule has 1 rings (SSSR count). The average Bonchev–Trinajstić information content (AvgIpc) is 3.16. The average molecular weight is 754 g/mol. The lowest BCUT2D eigenvalue weighted by molar-refractivity contribution is -0.302. The van der Waals surface area contributed by atoms with Crippen LogP contribution in [0.5, 0.6) is 0 Å². The summed E-state index contributed by atoms with van der Waals surface area (Å²) in [4.78, 5) is 12.9. The highest BCUT2D eigenvalue weighted by atomic mass is 16.7. The number of amides is 1. The molecule has 0 bridgehead atoms. The van der Waals surface area contributed by atoms with E-state index in [1.54, 1.807) is 6.08 Å². The van der Waals surface area contributed by atoms with E-state index in [4.69, 9.17) is 9.47 Å². The van der Waals surface area contributed by atoms with Crippen molar-refractivity contribution < 1.29 is 39.8 Å². The van der Waals surface area contributed by atoms with Crippen LogP contribution in [0.4, 0.5) is 0 Å². The minimum absolute atomic E-state index is 0.186. The van der Waals surface area contributed by atoms with E-state index in [9.17, 15) is 30.3 Å². The van der Waals surface area contributed by atoms with Crippen molar-refractivity contribution in [2.24, 2.45) is 0 Å². The zero-order chi connectivity index (χ0) is 38.8. The molecule has 9 heteroatoms. The molecule has 1 amide bonds. The SMILES string of the molecule is CCCCCCCC/C=C/CC/C=C/[C@@H](O)[C@H](CO[C@H]1O[C@@H](CO)[C@H](O)C(O)C1O)NC(=O)CCCCCCCCCCCCCCCCCCCC. The van der Waals surface area contributed by atoms with E-state index in [-0.39, 0.29) is 12.5 Å². The van der Waals surface area contributed by atoms with Crippen molar-refractivity contribution in [1.82, 2.24) is 5.32 Å². The largest absolute Gasteiger partial charge is 0.394 e. The van der Waals surface area contributed by atoms with E-state index in [2.05, 4.69) is 31.3 Å². The smallest absolute Gasteiger partial charge is 0.220 e. The van der Waals surface area contributed by atoms with Gasteiger partial charge in [0, 0.05) is 6.42 Å². The van der Waals surface area contributed by atoms with Crippen molar-refractivity contribution in [2.45, 2.75) is 236 Å². The molecular formula is C44H83NO8. The first-order valence-electron chi connectivity index (χ1n) is 22.1. The van der Waals surface area contributed by atoms with Gasteiger partial charge in [-0.25, -0.2) is 0 Å². The van der Waals surface area contributed by atoms with E-state index in [1.165, 1.54) is 135 Å². The zero-order valence-corrected chi connectivity index (χ0v) is 34.0. The number of aliphatic hydroxyl groups is 5. The number of hydrogen-bond donors (Lipinski definition) is 6. The predicted molar refractivity (Wildman–Crippen MR) is 217 cm³/mol. The molecule has 1 heterocycles. The van der Waals surface area contributed by atoms with Crippen LogP contribution in [0.15, 0.2) is 24.3 Å². The lowest BCUT2D eigenvalue weighted by atomic mass is 9.99. The fraction of sp³-hybridized carbons (Fsp3) is 0.886. The van der Waals surface area contributed by atoms with Gasteiger partial charge >= 0.3 is 0 Å². The fourth-order valence-electron chi connectivity index (χ4n) is 6.94. The minimum Gasteiger partial charge on any atom is -0.394 e. The Morgan fingerprint density at radius 3 is 1.58 bits per heavy atom. The molecule has 1 saturated heterocycles. The molecule has 0 aromatic heterocycles. The molecule has 0 aromatic rings. The third-order valence-electron chi connectivity index (χ3n) is 10.5. The number of carbonyl (C=O) groups excluding carboxylic acids is 1. The summed E-state index contributed by atoms with van der Waals surface area (Å²) in [5.41, 5.74) is 0. The Hall–Kier alpha value is -1.33. The number of rotatable bonds is 36. The summed E-state index contributed by atoms with van der Waals surface area (Å²) in [6, 6.07) is -0.815. The third kappa shape index (κ3) is 26.2. The van der Waals surface area contributed by atoms with E-state index < -0.39 is 49.5 Å². The summed E-state index contributed by atoms with van der Waals surface area (Å²) in [6.07, 6.45) is 33.7. The van der Waals surface area contributed by atoms with Gasteiger partial charge in [0.15, 0.2) is 6.29 Å². The standard InChI is InChI=1S/C44H83NO8/c1-3-5-7-9-11-13-15-17-18-19-20-21-22-24-26-28-30-32-34-40(48)45-37(36-52-44-43(51)42(50)41(49)39(35-46)53-44)38(47)33-31-29-27-25-23-16-14-12-10-8-6-4-2/h23,25,31,33,37-39,41-44,46-47,49-51H,3-22,24,26-30,32,34-36H2,1-2H3,(H,45,48)/b25-23+,33-31+/t37-,38+,39-,41-,42?,43?,44-/m0/s1. The molecule has 7 atom stereocenters. The summed E-state index contributed by atoms with van der Waals surface area (Å²) in [6.45, 7) is 3.74. The summed E-state index contributed by atoms with van der Waals surface area (Å²) in [7, 11) is 0. The Morgan fingerprint density at radius 1 is 0.623 bits per heavy atom. The lowest BCUT2D eigenvalue weighted by Gasteiger charge is -2.40. The summed E-state index contributed by atoms with van der Waals surface area (Å²) < 4.78 is 11.2. The first-order chi connectivity index (χ1) is 25.8. The molecule has 2 unspecified atom stereocenters. The van der Waals surface area contributed by atoms with Crippen LogP contribution in [-0.2, 0) is 14.3 Å². The van der Waals surface area contributed by atoms with Crippen LogP contribution in [0, 0.1) is 0 Å². The highest BCUT2D eigenvalue weighted by molar-refractivity contribution is 5.76. The minimum atomic E-state index is -1.57. The number of nitrogens with one attached hydrogen (secondary N) is 1. The van der Waals surface area contributed by atoms with Gasteiger partial charge in [-0.15, -0.1) is 0 Å². The van der Waals surface area contributed by atoms with Gasteiger partial charge in [-0.05, 0) is 32.1 Å². The fourth-order valence-corrected chi connectivity index (χ4v) is 6.94. The van der Waals surface area contributed by atoms with Crippen molar-refractivity contribution in [3.63, 3.8) is 0 Å². The van der Waals surface area contributed by atoms with Crippen molar-refractivity contribution in [2.75, 3.05) is 13.2 Å². The van der Waals surface area contributed by atoms with Gasteiger partial charge in [-0.3, -0.25) is 4.79 Å². The van der Waals surface area contributed by atoms with Crippen LogP contribution < -0.4 is 5.32 Å². The van der Waals surface area contributed by atoms with Gasteiger partial charge in [0.05, 0.1) is 25.4 Å². The molecule has 0 spiro atoms. The van der Waals surface area contributed by atoms with Crippen LogP contribution in [0.2, 0.25) is 0 Å². The quantitative estimate of drug-likeness (QED) is 0.0275.